The normalized spacial score (nSPS) is 15.9. The molecule has 0 aromatic heterocycles. The van der Waals surface area contributed by atoms with Crippen LogP contribution >= 0.6 is 0 Å². The molecule has 1 fully saturated rings. The van der Waals surface area contributed by atoms with Crippen LogP contribution in [0.1, 0.15) is 43.2 Å². The molecule has 0 bridgehead atoms. The zero-order chi connectivity index (χ0) is 17.7. The van der Waals surface area contributed by atoms with Crippen molar-refractivity contribution in [1.29, 1.82) is 0 Å². The van der Waals surface area contributed by atoms with Crippen molar-refractivity contribution in [2.75, 3.05) is 0 Å². The Morgan fingerprint density at radius 1 is 0.857 bits per heavy atom. The van der Waals surface area contributed by atoms with E-state index in [0.29, 0.717) is 0 Å². The summed E-state index contributed by atoms with van der Waals surface area (Å²) in [6.45, 7) is 0. The average Bonchev–Trinajstić information content (AvgIpc) is 3.36. The van der Waals surface area contributed by atoms with Gasteiger partial charge in [0.15, 0.2) is 0 Å². The number of rotatable bonds is 2. The van der Waals surface area contributed by atoms with Crippen LogP contribution in [0, 0.1) is 11.6 Å². The fourth-order valence-corrected chi connectivity index (χ4v) is 13.1. The molecule has 3 aliphatic rings. The first-order valence-electron chi connectivity index (χ1n) is 9.40. The van der Waals surface area contributed by atoms with E-state index < -0.39 is 21.3 Å². The number of hydrogen-bond acceptors (Lipinski definition) is 0. The Balaban J connectivity index is 0.00000112. The number of benzene rings is 2. The summed E-state index contributed by atoms with van der Waals surface area (Å²) in [6.07, 6.45) is 13.5. The summed E-state index contributed by atoms with van der Waals surface area (Å²) in [5.74, 6) is -0.409. The van der Waals surface area contributed by atoms with Crippen molar-refractivity contribution in [2.45, 2.75) is 38.5 Å². The number of halogens is 4. The van der Waals surface area contributed by atoms with E-state index in [-0.39, 0.29) is 36.4 Å². The molecule has 0 heterocycles. The van der Waals surface area contributed by atoms with Crippen molar-refractivity contribution in [1.82, 2.24) is 0 Å². The van der Waals surface area contributed by atoms with Crippen LogP contribution in [0.5, 0.6) is 0 Å². The minimum atomic E-state index is -2.25. The molecule has 0 aliphatic heterocycles. The van der Waals surface area contributed by atoms with Gasteiger partial charge in [-0.2, -0.15) is 0 Å². The van der Waals surface area contributed by atoms with Crippen LogP contribution in [0.4, 0.5) is 8.78 Å². The van der Waals surface area contributed by atoms with E-state index in [1.54, 1.807) is 18.6 Å². The SMILES string of the molecule is Fc1ccc2c(c1)-c1cc(F)c[c]([Zr+2]([C]3=CC=CC3)=[C]3CCCC3)c1C2.[Cl-].[Cl-]. The van der Waals surface area contributed by atoms with Crippen LogP contribution in [-0.2, 0) is 27.7 Å². The Bertz CT molecular complexity index is 1010. The first-order valence-corrected chi connectivity index (χ1v) is 13.1. The van der Waals surface area contributed by atoms with Gasteiger partial charge in [0.05, 0.1) is 0 Å². The van der Waals surface area contributed by atoms with E-state index >= 15 is 0 Å². The van der Waals surface area contributed by atoms with Gasteiger partial charge >= 0.3 is 161 Å². The summed E-state index contributed by atoms with van der Waals surface area (Å²) in [6, 6.07) is 8.41. The second-order valence-corrected chi connectivity index (χ2v) is 14.0. The molecule has 2 aromatic rings. The predicted octanol–water partition coefficient (Wildman–Crippen LogP) is -0.622. The summed E-state index contributed by atoms with van der Waals surface area (Å²) < 4.78 is 33.0. The molecule has 0 saturated heterocycles. The quantitative estimate of drug-likeness (QED) is 0.444. The number of allylic oxidation sites excluding steroid dienone is 4. The van der Waals surface area contributed by atoms with Gasteiger partial charge in [0.25, 0.3) is 0 Å². The van der Waals surface area contributed by atoms with Crippen LogP contribution in [0.2, 0.25) is 0 Å². The Morgan fingerprint density at radius 3 is 2.32 bits per heavy atom. The van der Waals surface area contributed by atoms with Gasteiger partial charge in [-0.3, -0.25) is 0 Å². The fraction of sp³-hybridized carbons (Fsp3) is 0.261. The molecule has 0 spiro atoms. The van der Waals surface area contributed by atoms with Gasteiger partial charge in [-0.1, -0.05) is 0 Å². The Kier molecular flexibility index (Phi) is 6.90. The number of hydrogen-bond donors (Lipinski definition) is 0. The maximum atomic E-state index is 14.6. The molecule has 0 nitrogen and oxygen atoms in total. The third-order valence-electron chi connectivity index (χ3n) is 5.87. The molecule has 28 heavy (non-hydrogen) atoms. The summed E-state index contributed by atoms with van der Waals surface area (Å²) in [4.78, 5) is 0. The monoisotopic (exact) mass is 494 g/mol. The number of fused-ring (bicyclic) bond motifs is 3. The van der Waals surface area contributed by atoms with Crippen LogP contribution in [-0.4, -0.2) is 3.21 Å². The maximum absolute atomic E-state index is 14.6. The minimum Gasteiger partial charge on any atom is -1.00 e. The Labute approximate surface area is 184 Å². The summed E-state index contributed by atoms with van der Waals surface area (Å²) in [5, 5.41) is 0. The van der Waals surface area contributed by atoms with Gasteiger partial charge in [0.1, 0.15) is 0 Å². The van der Waals surface area contributed by atoms with Crippen LogP contribution in [0.3, 0.4) is 0 Å². The minimum absolute atomic E-state index is 0. The van der Waals surface area contributed by atoms with Gasteiger partial charge < -0.3 is 24.8 Å². The fourth-order valence-electron chi connectivity index (χ4n) is 4.71. The van der Waals surface area contributed by atoms with E-state index in [2.05, 4.69) is 18.2 Å². The molecule has 5 rings (SSSR count). The van der Waals surface area contributed by atoms with Gasteiger partial charge in [0, 0.05) is 0 Å². The smallest absolute Gasteiger partial charge is 1.00 e. The van der Waals surface area contributed by atoms with Crippen molar-refractivity contribution < 1.29 is 54.9 Å². The van der Waals surface area contributed by atoms with E-state index in [9.17, 15) is 8.78 Å². The van der Waals surface area contributed by atoms with Crippen molar-refractivity contribution >= 4 is 6.48 Å². The third-order valence-corrected chi connectivity index (χ3v) is 13.7. The largest absolute Gasteiger partial charge is 1.00 e. The second-order valence-electron chi connectivity index (χ2n) is 7.47. The van der Waals surface area contributed by atoms with Crippen LogP contribution in [0.25, 0.3) is 11.1 Å². The zero-order valence-corrected chi connectivity index (χ0v) is 19.3. The molecule has 5 heteroatoms. The molecule has 0 amide bonds. The van der Waals surface area contributed by atoms with Gasteiger partial charge in [0.2, 0.25) is 0 Å². The van der Waals surface area contributed by atoms with Crippen LogP contribution in [0.15, 0.2) is 51.8 Å². The van der Waals surface area contributed by atoms with Gasteiger partial charge in [-0.05, 0) is 0 Å². The van der Waals surface area contributed by atoms with Crippen molar-refractivity contribution in [3.8, 4) is 11.1 Å². The van der Waals surface area contributed by atoms with E-state index in [4.69, 9.17) is 0 Å². The second kappa shape index (κ2) is 8.86. The zero-order valence-electron chi connectivity index (χ0n) is 15.4. The molecule has 0 atom stereocenters. The molecule has 3 aliphatic carbocycles. The van der Waals surface area contributed by atoms with Gasteiger partial charge in [-0.25, -0.2) is 0 Å². The molecule has 2 aromatic carbocycles. The first-order chi connectivity index (χ1) is 12.7. The summed E-state index contributed by atoms with van der Waals surface area (Å²) >= 11 is -2.25. The van der Waals surface area contributed by atoms with Crippen molar-refractivity contribution in [2.24, 2.45) is 0 Å². The first kappa shape index (κ1) is 21.8. The third kappa shape index (κ3) is 3.78. The topological polar surface area (TPSA) is 0 Å². The molecule has 0 unspecified atom stereocenters. The van der Waals surface area contributed by atoms with Gasteiger partial charge in [-0.15, -0.1) is 0 Å². The predicted molar refractivity (Wildman–Crippen MR) is 99.5 cm³/mol. The van der Waals surface area contributed by atoms with Crippen molar-refractivity contribution in [3.05, 3.63) is 74.6 Å². The molecule has 144 valence electrons. The Morgan fingerprint density at radius 2 is 1.61 bits per heavy atom. The molecule has 1 saturated carbocycles. The maximum Gasteiger partial charge on any atom is -1.00 e. The standard InChI is InChI=1S/C13H7F2.C5H8.C5H5.2ClH.Zr/c14-10-3-1-8-5-9-2-4-11(15)7-13(9)12(8)6-10;2*1-2-4-5-3-1;;;/h1,3-4,6-7H,5H2;1-4H2;1-3H,4H2;2*1H;/q;;;;;+2/p-2. The average molecular weight is 497 g/mol. The van der Waals surface area contributed by atoms with E-state index in [1.807, 2.05) is 12.1 Å². The van der Waals surface area contributed by atoms with Crippen molar-refractivity contribution in [3.63, 3.8) is 0 Å². The molecular formula is C23H20Cl2F2Zr. The summed E-state index contributed by atoms with van der Waals surface area (Å²) in [7, 11) is 0. The summed E-state index contributed by atoms with van der Waals surface area (Å²) in [5.41, 5.74) is 4.22. The molecular weight excluding hydrogens is 476 g/mol. The van der Waals surface area contributed by atoms with Crippen LogP contribution < -0.4 is 28.1 Å². The van der Waals surface area contributed by atoms with E-state index in [1.165, 1.54) is 40.6 Å². The molecule has 0 radical (unpaired) electrons. The van der Waals surface area contributed by atoms with E-state index in [0.717, 1.165) is 29.5 Å². The molecule has 0 N–H and O–H groups in total. The Hall–Kier alpha value is -0.887.